The lowest BCUT2D eigenvalue weighted by molar-refractivity contribution is -0.136. The van der Waals surface area contributed by atoms with Gasteiger partial charge in [0.25, 0.3) is 0 Å². The lowest BCUT2D eigenvalue weighted by Crippen LogP contribution is -2.03. The van der Waals surface area contributed by atoms with E-state index >= 15 is 0 Å². The SMILES string of the molecule is N#CC=Cc1ccc(C(=O)CCC(=O)O)cc1. The highest BCUT2D eigenvalue weighted by Gasteiger charge is 2.07. The summed E-state index contributed by atoms with van der Waals surface area (Å²) in [6.45, 7) is 0. The Hall–Kier alpha value is -2.41. The van der Waals surface area contributed by atoms with Crippen LogP contribution in [0.25, 0.3) is 6.08 Å². The van der Waals surface area contributed by atoms with E-state index < -0.39 is 5.97 Å². The summed E-state index contributed by atoms with van der Waals surface area (Å²) in [7, 11) is 0. The van der Waals surface area contributed by atoms with Crippen LogP contribution in [0.2, 0.25) is 0 Å². The Kier molecular flexibility index (Phi) is 4.64. The number of rotatable bonds is 5. The zero-order valence-corrected chi connectivity index (χ0v) is 9.09. The summed E-state index contributed by atoms with van der Waals surface area (Å²) in [5, 5.41) is 16.8. The Morgan fingerprint density at radius 2 is 1.88 bits per heavy atom. The lowest BCUT2D eigenvalue weighted by atomic mass is 10.0. The number of Topliss-reactive ketones (excluding diaryl/α,β-unsaturated/α-hetero) is 1. The number of ketones is 1. The highest BCUT2D eigenvalue weighted by atomic mass is 16.4. The van der Waals surface area contributed by atoms with E-state index in [9.17, 15) is 9.59 Å². The van der Waals surface area contributed by atoms with Crippen molar-refractivity contribution >= 4 is 17.8 Å². The van der Waals surface area contributed by atoms with Crippen molar-refractivity contribution < 1.29 is 14.7 Å². The molecule has 86 valence electrons. The van der Waals surface area contributed by atoms with E-state index in [1.54, 1.807) is 30.3 Å². The van der Waals surface area contributed by atoms with E-state index in [4.69, 9.17) is 10.4 Å². The molecule has 4 nitrogen and oxygen atoms in total. The predicted molar refractivity (Wildman–Crippen MR) is 62.3 cm³/mol. The van der Waals surface area contributed by atoms with Gasteiger partial charge in [0, 0.05) is 18.1 Å². The maximum absolute atomic E-state index is 11.5. The monoisotopic (exact) mass is 229 g/mol. The molecule has 1 N–H and O–H groups in total. The zero-order valence-electron chi connectivity index (χ0n) is 9.09. The number of benzene rings is 1. The molecule has 0 atom stereocenters. The standard InChI is InChI=1S/C13H11NO3/c14-9-1-2-10-3-5-11(6-4-10)12(15)7-8-13(16)17/h1-6H,7-8H2,(H,16,17). The first kappa shape index (κ1) is 12.7. The molecular weight excluding hydrogens is 218 g/mol. The topological polar surface area (TPSA) is 78.2 Å². The summed E-state index contributed by atoms with van der Waals surface area (Å²) in [5.41, 5.74) is 1.31. The normalized spacial score (nSPS) is 10.1. The Morgan fingerprint density at radius 1 is 1.24 bits per heavy atom. The first-order chi connectivity index (χ1) is 8.13. The molecule has 0 aromatic heterocycles. The maximum atomic E-state index is 11.5. The number of carbonyl (C=O) groups is 2. The van der Waals surface area contributed by atoms with Crippen LogP contribution in [-0.4, -0.2) is 16.9 Å². The predicted octanol–water partition coefficient (Wildman–Crippen LogP) is 2.27. The van der Waals surface area contributed by atoms with Crippen LogP contribution >= 0.6 is 0 Å². The number of aliphatic carboxylic acids is 1. The molecule has 0 heterocycles. The average Bonchev–Trinajstić information content (AvgIpc) is 2.34. The van der Waals surface area contributed by atoms with Gasteiger partial charge in [0.05, 0.1) is 12.5 Å². The van der Waals surface area contributed by atoms with Crippen molar-refractivity contribution in [1.82, 2.24) is 0 Å². The van der Waals surface area contributed by atoms with Crippen LogP contribution in [0, 0.1) is 11.3 Å². The summed E-state index contributed by atoms with van der Waals surface area (Å²) in [6.07, 6.45) is 2.82. The van der Waals surface area contributed by atoms with Gasteiger partial charge in [-0.15, -0.1) is 0 Å². The average molecular weight is 229 g/mol. The number of nitriles is 1. The van der Waals surface area contributed by atoms with Crippen LogP contribution in [0.15, 0.2) is 30.3 Å². The Labute approximate surface area is 98.8 Å². The fourth-order valence-corrected chi connectivity index (χ4v) is 1.28. The number of hydrogen-bond donors (Lipinski definition) is 1. The van der Waals surface area contributed by atoms with Crippen molar-refractivity contribution in [3.05, 3.63) is 41.5 Å². The van der Waals surface area contributed by atoms with Crippen molar-refractivity contribution in [2.45, 2.75) is 12.8 Å². The zero-order chi connectivity index (χ0) is 12.7. The molecule has 0 spiro atoms. The molecule has 1 aromatic rings. The minimum atomic E-state index is -0.980. The molecule has 4 heteroatoms. The number of nitrogens with zero attached hydrogens (tertiary/aromatic N) is 1. The van der Waals surface area contributed by atoms with Gasteiger partial charge in [-0.1, -0.05) is 24.3 Å². The van der Waals surface area contributed by atoms with Crippen LogP contribution < -0.4 is 0 Å². The minimum Gasteiger partial charge on any atom is -0.481 e. The molecule has 17 heavy (non-hydrogen) atoms. The van der Waals surface area contributed by atoms with Gasteiger partial charge in [-0.25, -0.2) is 0 Å². The molecule has 0 fully saturated rings. The van der Waals surface area contributed by atoms with E-state index in [1.165, 1.54) is 6.08 Å². The van der Waals surface area contributed by atoms with E-state index in [0.717, 1.165) is 5.56 Å². The molecule has 0 amide bonds. The van der Waals surface area contributed by atoms with Crippen molar-refractivity contribution in [1.29, 1.82) is 5.26 Å². The van der Waals surface area contributed by atoms with Crippen LogP contribution in [0.3, 0.4) is 0 Å². The largest absolute Gasteiger partial charge is 0.481 e. The van der Waals surface area contributed by atoms with Gasteiger partial charge in [0.2, 0.25) is 0 Å². The van der Waals surface area contributed by atoms with Crippen LogP contribution in [0.1, 0.15) is 28.8 Å². The maximum Gasteiger partial charge on any atom is 0.303 e. The van der Waals surface area contributed by atoms with E-state index in [-0.39, 0.29) is 18.6 Å². The lowest BCUT2D eigenvalue weighted by Gasteiger charge is -1.99. The fourth-order valence-electron chi connectivity index (χ4n) is 1.28. The van der Waals surface area contributed by atoms with Crippen molar-refractivity contribution in [2.24, 2.45) is 0 Å². The number of carboxylic acid groups (broad SMARTS) is 1. The highest BCUT2D eigenvalue weighted by Crippen LogP contribution is 2.09. The smallest absolute Gasteiger partial charge is 0.303 e. The van der Waals surface area contributed by atoms with Gasteiger partial charge in [-0.3, -0.25) is 9.59 Å². The third-order valence-electron chi connectivity index (χ3n) is 2.15. The molecule has 0 saturated carbocycles. The summed E-state index contributed by atoms with van der Waals surface area (Å²) >= 11 is 0. The highest BCUT2D eigenvalue weighted by molar-refractivity contribution is 5.97. The molecular formula is C13H11NO3. The molecule has 0 aliphatic heterocycles. The quantitative estimate of drug-likeness (QED) is 0.620. The fraction of sp³-hybridized carbons (Fsp3) is 0.154. The second-order valence-corrected chi connectivity index (χ2v) is 3.40. The molecule has 0 aliphatic carbocycles. The molecule has 1 rings (SSSR count). The molecule has 0 saturated heterocycles. The number of hydrogen-bond acceptors (Lipinski definition) is 3. The van der Waals surface area contributed by atoms with E-state index in [2.05, 4.69) is 0 Å². The van der Waals surface area contributed by atoms with Crippen LogP contribution in [-0.2, 0) is 4.79 Å². The van der Waals surface area contributed by atoms with Crippen LogP contribution in [0.5, 0.6) is 0 Å². The summed E-state index contributed by atoms with van der Waals surface area (Å²) < 4.78 is 0. The molecule has 0 unspecified atom stereocenters. The Bertz CT molecular complexity index is 480. The number of allylic oxidation sites excluding steroid dienone is 1. The van der Waals surface area contributed by atoms with Gasteiger partial charge in [-0.05, 0) is 11.6 Å². The Balaban J connectivity index is 2.67. The van der Waals surface area contributed by atoms with Gasteiger partial charge >= 0.3 is 5.97 Å². The summed E-state index contributed by atoms with van der Waals surface area (Å²) in [5.74, 6) is -1.17. The molecule has 0 bridgehead atoms. The van der Waals surface area contributed by atoms with Gasteiger partial charge in [0.15, 0.2) is 5.78 Å². The minimum absolute atomic E-state index is 0.00269. The molecule has 1 aromatic carbocycles. The van der Waals surface area contributed by atoms with Crippen LogP contribution in [0.4, 0.5) is 0 Å². The van der Waals surface area contributed by atoms with E-state index in [1.807, 2.05) is 6.07 Å². The summed E-state index contributed by atoms with van der Waals surface area (Å²) in [4.78, 5) is 21.9. The first-order valence-electron chi connectivity index (χ1n) is 5.04. The second-order valence-electron chi connectivity index (χ2n) is 3.40. The van der Waals surface area contributed by atoms with Gasteiger partial charge in [-0.2, -0.15) is 5.26 Å². The van der Waals surface area contributed by atoms with E-state index in [0.29, 0.717) is 5.56 Å². The molecule has 0 aliphatic rings. The third kappa shape index (κ3) is 4.31. The van der Waals surface area contributed by atoms with Gasteiger partial charge in [0.1, 0.15) is 0 Å². The summed E-state index contributed by atoms with van der Waals surface area (Å²) in [6, 6.07) is 8.55. The number of carbonyl (C=O) groups excluding carboxylic acids is 1. The van der Waals surface area contributed by atoms with Crippen molar-refractivity contribution in [3.63, 3.8) is 0 Å². The Morgan fingerprint density at radius 3 is 2.41 bits per heavy atom. The van der Waals surface area contributed by atoms with Gasteiger partial charge < -0.3 is 5.11 Å². The third-order valence-corrected chi connectivity index (χ3v) is 2.15. The molecule has 0 radical (unpaired) electrons. The number of carboxylic acids is 1. The van der Waals surface area contributed by atoms with Crippen molar-refractivity contribution in [2.75, 3.05) is 0 Å². The first-order valence-corrected chi connectivity index (χ1v) is 5.04. The second kappa shape index (κ2) is 6.23. The van der Waals surface area contributed by atoms with Crippen molar-refractivity contribution in [3.8, 4) is 6.07 Å².